The van der Waals surface area contributed by atoms with Gasteiger partial charge in [0.1, 0.15) is 0 Å². The van der Waals surface area contributed by atoms with Crippen LogP contribution in [0.3, 0.4) is 0 Å². The summed E-state index contributed by atoms with van der Waals surface area (Å²) in [5, 5.41) is 1.35. The first kappa shape index (κ1) is 21.6. The van der Waals surface area contributed by atoms with Gasteiger partial charge in [0.2, 0.25) is 0 Å². The molecule has 0 spiro atoms. The normalized spacial score (nSPS) is 42.3. The van der Waals surface area contributed by atoms with E-state index in [0.29, 0.717) is 10.8 Å². The highest BCUT2D eigenvalue weighted by Gasteiger charge is 2.60. The molecule has 0 aliphatic heterocycles. The zero-order valence-electron chi connectivity index (χ0n) is 20.6. The van der Waals surface area contributed by atoms with Gasteiger partial charge in [-0.2, -0.15) is 0 Å². The number of aromatic nitrogens is 1. The number of para-hydroxylation sites is 1. The van der Waals surface area contributed by atoms with E-state index in [1.165, 1.54) is 79.4 Å². The molecule has 0 amide bonds. The number of thiazole rings is 1. The Kier molecular flexibility index (Phi) is 5.48. The first-order valence-electron chi connectivity index (χ1n) is 13.8. The van der Waals surface area contributed by atoms with Crippen LogP contribution in [0.2, 0.25) is 0 Å². The molecule has 1 heterocycles. The third-order valence-electron chi connectivity index (χ3n) is 11.5. The topological polar surface area (TPSA) is 12.9 Å². The first-order chi connectivity index (χ1) is 15.5. The van der Waals surface area contributed by atoms with Gasteiger partial charge < -0.3 is 0 Å². The standard InChI is InChI=1S/C30H43NS/c1-20(11-16-28-31-26-9-4-5-10-27(26)32-28)23-14-15-24-22-13-12-21-8-6-7-18-29(21,2)25(22)17-19-30(23,24)3/h4-5,9-10,20-25H,6-8,11-19H2,1-3H3/t20-,21?,22?,23?,24?,25?,29?,30?/m1/s1. The zero-order chi connectivity index (χ0) is 21.9. The summed E-state index contributed by atoms with van der Waals surface area (Å²) in [6.07, 6.45) is 17.7. The maximum atomic E-state index is 4.93. The van der Waals surface area contributed by atoms with Crippen LogP contribution in [-0.4, -0.2) is 4.98 Å². The van der Waals surface area contributed by atoms with Crippen molar-refractivity contribution >= 4 is 21.6 Å². The minimum absolute atomic E-state index is 0.603. The molecule has 7 unspecified atom stereocenters. The minimum Gasteiger partial charge on any atom is -0.241 e. The molecule has 2 aromatic rings. The van der Waals surface area contributed by atoms with Crippen molar-refractivity contribution in [2.24, 2.45) is 46.3 Å². The van der Waals surface area contributed by atoms with Crippen LogP contribution in [0, 0.1) is 46.3 Å². The summed E-state index contributed by atoms with van der Waals surface area (Å²) in [4.78, 5) is 4.93. The van der Waals surface area contributed by atoms with Crippen molar-refractivity contribution in [1.29, 1.82) is 0 Å². The Balaban J connectivity index is 1.16. The number of benzene rings is 1. The molecule has 8 atom stereocenters. The monoisotopic (exact) mass is 449 g/mol. The number of fused-ring (bicyclic) bond motifs is 6. The van der Waals surface area contributed by atoms with E-state index in [1.807, 2.05) is 11.3 Å². The van der Waals surface area contributed by atoms with Gasteiger partial charge >= 0.3 is 0 Å². The molecule has 1 aromatic heterocycles. The van der Waals surface area contributed by atoms with E-state index >= 15 is 0 Å². The highest BCUT2D eigenvalue weighted by atomic mass is 32.1. The van der Waals surface area contributed by atoms with Crippen molar-refractivity contribution in [1.82, 2.24) is 4.98 Å². The third-order valence-corrected chi connectivity index (χ3v) is 12.6. The summed E-state index contributed by atoms with van der Waals surface area (Å²) < 4.78 is 1.35. The molecule has 0 saturated heterocycles. The molecular weight excluding hydrogens is 406 g/mol. The van der Waals surface area contributed by atoms with E-state index in [4.69, 9.17) is 4.98 Å². The van der Waals surface area contributed by atoms with Crippen molar-refractivity contribution in [2.45, 2.75) is 97.8 Å². The molecule has 4 saturated carbocycles. The lowest BCUT2D eigenvalue weighted by atomic mass is 9.44. The Hall–Kier alpha value is -0.890. The van der Waals surface area contributed by atoms with Crippen molar-refractivity contribution in [2.75, 3.05) is 0 Å². The van der Waals surface area contributed by atoms with Crippen molar-refractivity contribution in [3.05, 3.63) is 29.3 Å². The average Bonchev–Trinajstić information content (AvgIpc) is 3.37. The van der Waals surface area contributed by atoms with Crippen LogP contribution in [0.15, 0.2) is 24.3 Å². The summed E-state index contributed by atoms with van der Waals surface area (Å²) in [5.74, 6) is 5.89. The van der Waals surface area contributed by atoms with E-state index in [1.54, 1.807) is 12.8 Å². The van der Waals surface area contributed by atoms with Crippen LogP contribution in [-0.2, 0) is 6.42 Å². The Morgan fingerprint density at radius 3 is 2.66 bits per heavy atom. The predicted molar refractivity (Wildman–Crippen MR) is 137 cm³/mol. The Labute approximate surface area is 199 Å². The fourth-order valence-corrected chi connectivity index (χ4v) is 10.8. The van der Waals surface area contributed by atoms with E-state index in [0.717, 1.165) is 35.5 Å². The second-order valence-corrected chi connectivity index (χ2v) is 13.8. The lowest BCUT2D eigenvalue weighted by Gasteiger charge is -2.61. The van der Waals surface area contributed by atoms with Crippen LogP contribution in [0.1, 0.15) is 96.4 Å². The van der Waals surface area contributed by atoms with Crippen molar-refractivity contribution < 1.29 is 0 Å². The van der Waals surface area contributed by atoms with Gasteiger partial charge in [-0.3, -0.25) is 0 Å². The van der Waals surface area contributed by atoms with Gasteiger partial charge in [-0.15, -0.1) is 11.3 Å². The van der Waals surface area contributed by atoms with E-state index in [-0.39, 0.29) is 0 Å². The number of rotatable bonds is 4. The summed E-state index contributed by atoms with van der Waals surface area (Å²) in [6, 6.07) is 8.65. The average molecular weight is 450 g/mol. The van der Waals surface area contributed by atoms with Gasteiger partial charge in [-0.05, 0) is 123 Å². The molecule has 1 aromatic carbocycles. The smallest absolute Gasteiger partial charge is 0.0938 e. The van der Waals surface area contributed by atoms with Crippen LogP contribution < -0.4 is 0 Å². The molecule has 2 heteroatoms. The largest absolute Gasteiger partial charge is 0.241 e. The van der Waals surface area contributed by atoms with Crippen LogP contribution in [0.4, 0.5) is 0 Å². The van der Waals surface area contributed by atoms with Gasteiger partial charge in [-0.25, -0.2) is 4.98 Å². The molecule has 0 N–H and O–H groups in total. The predicted octanol–water partition coefficient (Wildman–Crippen LogP) is 8.91. The van der Waals surface area contributed by atoms with E-state index < -0.39 is 0 Å². The number of nitrogens with zero attached hydrogens (tertiary/aromatic N) is 1. The number of hydrogen-bond donors (Lipinski definition) is 0. The molecule has 0 bridgehead atoms. The Morgan fingerprint density at radius 2 is 1.78 bits per heavy atom. The third kappa shape index (κ3) is 3.33. The summed E-state index contributed by atoms with van der Waals surface area (Å²) in [6.45, 7) is 8.04. The van der Waals surface area contributed by atoms with E-state index in [9.17, 15) is 0 Å². The maximum Gasteiger partial charge on any atom is 0.0938 e. The Bertz CT molecular complexity index is 930. The SMILES string of the molecule is C[C@H](CCc1nc2ccccc2s1)C1CCC2C3CCC4CCCCC4(C)C3CCC21C. The second-order valence-electron chi connectivity index (χ2n) is 12.7. The molecule has 4 aliphatic rings. The molecule has 174 valence electrons. The first-order valence-corrected chi connectivity index (χ1v) is 14.6. The molecule has 0 radical (unpaired) electrons. The lowest BCUT2D eigenvalue weighted by molar-refractivity contribution is -0.114. The zero-order valence-corrected chi connectivity index (χ0v) is 21.4. The summed E-state index contributed by atoms with van der Waals surface area (Å²) >= 11 is 1.92. The second kappa shape index (κ2) is 8.10. The highest BCUT2D eigenvalue weighted by Crippen LogP contribution is 2.68. The quantitative estimate of drug-likeness (QED) is 0.454. The molecule has 32 heavy (non-hydrogen) atoms. The fraction of sp³-hybridized carbons (Fsp3) is 0.767. The van der Waals surface area contributed by atoms with E-state index in [2.05, 4.69) is 45.0 Å². The molecule has 4 aliphatic carbocycles. The van der Waals surface area contributed by atoms with Gasteiger partial charge in [0, 0.05) is 0 Å². The summed E-state index contributed by atoms with van der Waals surface area (Å²) in [5.41, 5.74) is 2.48. The molecule has 1 nitrogen and oxygen atoms in total. The van der Waals surface area contributed by atoms with Crippen molar-refractivity contribution in [3.8, 4) is 0 Å². The number of hydrogen-bond acceptors (Lipinski definition) is 2. The van der Waals surface area contributed by atoms with Crippen LogP contribution in [0.25, 0.3) is 10.2 Å². The summed E-state index contributed by atoms with van der Waals surface area (Å²) in [7, 11) is 0. The minimum atomic E-state index is 0.603. The molecule has 6 rings (SSSR count). The van der Waals surface area contributed by atoms with Gasteiger partial charge in [0.05, 0.1) is 15.2 Å². The van der Waals surface area contributed by atoms with Gasteiger partial charge in [0.15, 0.2) is 0 Å². The fourth-order valence-electron chi connectivity index (χ4n) is 9.85. The maximum absolute atomic E-state index is 4.93. The Morgan fingerprint density at radius 1 is 0.938 bits per heavy atom. The van der Waals surface area contributed by atoms with Crippen LogP contribution >= 0.6 is 11.3 Å². The highest BCUT2D eigenvalue weighted by molar-refractivity contribution is 7.18. The molecule has 4 fully saturated rings. The number of aryl methyl sites for hydroxylation is 1. The van der Waals surface area contributed by atoms with Gasteiger partial charge in [0.25, 0.3) is 0 Å². The van der Waals surface area contributed by atoms with Crippen LogP contribution in [0.5, 0.6) is 0 Å². The van der Waals surface area contributed by atoms with Gasteiger partial charge in [-0.1, -0.05) is 45.7 Å². The molecular formula is C30H43NS. The lowest BCUT2D eigenvalue weighted by Crippen LogP contribution is -2.53. The van der Waals surface area contributed by atoms with Crippen molar-refractivity contribution in [3.63, 3.8) is 0 Å².